The van der Waals surface area contributed by atoms with Crippen LogP contribution in [0.5, 0.6) is 0 Å². The Kier molecular flexibility index (Phi) is 4.82. The Balaban J connectivity index is 1.70. The van der Waals surface area contributed by atoms with E-state index >= 15 is 0 Å². The van der Waals surface area contributed by atoms with Crippen LogP contribution in [0.15, 0.2) is 46.5 Å². The molecule has 3 aromatic rings. The first-order valence-electron chi connectivity index (χ1n) is 7.53. The lowest BCUT2D eigenvalue weighted by molar-refractivity contribution is 0.597. The van der Waals surface area contributed by atoms with Gasteiger partial charge >= 0.3 is 0 Å². The van der Waals surface area contributed by atoms with Gasteiger partial charge in [0.25, 0.3) is 5.95 Å². The fourth-order valence-corrected chi connectivity index (χ4v) is 4.85. The Labute approximate surface area is 149 Å². The van der Waals surface area contributed by atoms with Crippen LogP contribution in [0.3, 0.4) is 0 Å². The van der Waals surface area contributed by atoms with Gasteiger partial charge in [-0.1, -0.05) is 30.0 Å². The van der Waals surface area contributed by atoms with Crippen molar-refractivity contribution in [2.24, 2.45) is 0 Å². The summed E-state index contributed by atoms with van der Waals surface area (Å²) in [6.07, 6.45) is 0. The summed E-state index contributed by atoms with van der Waals surface area (Å²) in [7, 11) is -3.33. The summed E-state index contributed by atoms with van der Waals surface area (Å²) in [6.45, 7) is 3.78. The van der Waals surface area contributed by atoms with Crippen molar-refractivity contribution in [3.8, 4) is 5.95 Å². The van der Waals surface area contributed by atoms with E-state index in [1.165, 1.54) is 16.4 Å². The van der Waals surface area contributed by atoms with Gasteiger partial charge in [0.15, 0.2) is 9.84 Å². The number of nitrogens with zero attached hydrogens (tertiary/aromatic N) is 5. The molecule has 0 aliphatic heterocycles. The third-order valence-corrected chi connectivity index (χ3v) is 6.47. The number of hydrogen-bond donors (Lipinski definition) is 1. The molecule has 0 atom stereocenters. The second-order valence-electron chi connectivity index (χ2n) is 5.47. The second-order valence-corrected chi connectivity index (χ2v) is 8.64. The first-order valence-corrected chi connectivity index (χ1v) is 10.2. The first-order chi connectivity index (χ1) is 11.9. The number of rotatable bonds is 6. The quantitative estimate of drug-likeness (QED) is 0.509. The molecule has 0 amide bonds. The zero-order chi connectivity index (χ0) is 18.0. The van der Waals surface area contributed by atoms with E-state index in [2.05, 4.69) is 15.3 Å². The van der Waals surface area contributed by atoms with Gasteiger partial charge in [-0.3, -0.25) is 0 Å². The normalized spacial score (nSPS) is 11.8. The predicted molar refractivity (Wildman–Crippen MR) is 96.0 cm³/mol. The van der Waals surface area contributed by atoms with Gasteiger partial charge in [0.1, 0.15) is 0 Å². The summed E-state index contributed by atoms with van der Waals surface area (Å²) in [4.78, 5) is 0.313. The monoisotopic (exact) mass is 378 g/mol. The molecule has 132 valence electrons. The van der Waals surface area contributed by atoms with Crippen molar-refractivity contribution in [2.75, 3.05) is 17.3 Å². The summed E-state index contributed by atoms with van der Waals surface area (Å²) in [5.74, 6) is 6.74. The highest BCUT2D eigenvalue weighted by Gasteiger charge is 2.17. The number of thioether (sulfide) groups is 1. The maximum absolute atomic E-state index is 12.3. The molecule has 0 spiro atoms. The van der Waals surface area contributed by atoms with Crippen molar-refractivity contribution in [1.29, 1.82) is 0 Å². The van der Waals surface area contributed by atoms with Gasteiger partial charge in [0.05, 0.1) is 16.3 Å². The largest absolute Gasteiger partial charge is 0.334 e. The average molecular weight is 378 g/mol. The summed E-state index contributed by atoms with van der Waals surface area (Å²) in [6, 6.07) is 10.3. The lowest BCUT2D eigenvalue weighted by atomic mass is 10.4. The smallest absolute Gasteiger partial charge is 0.271 e. The number of nitrogens with two attached hydrogens (primary N) is 1. The maximum atomic E-state index is 12.3. The SMILES string of the molecule is Cc1cc(C)n(-c2nnc(SCCS(=O)(=O)c3ccccc3)n2N)n1. The zero-order valence-electron chi connectivity index (χ0n) is 13.8. The van der Waals surface area contributed by atoms with Crippen molar-refractivity contribution >= 4 is 21.6 Å². The van der Waals surface area contributed by atoms with E-state index in [9.17, 15) is 8.42 Å². The van der Waals surface area contributed by atoms with E-state index in [4.69, 9.17) is 5.84 Å². The minimum atomic E-state index is -3.33. The molecule has 2 heterocycles. The van der Waals surface area contributed by atoms with Gasteiger partial charge < -0.3 is 5.84 Å². The third-order valence-electron chi connectivity index (χ3n) is 3.53. The van der Waals surface area contributed by atoms with Gasteiger partial charge in [-0.05, 0) is 32.0 Å². The van der Waals surface area contributed by atoms with Crippen LogP contribution in [0.1, 0.15) is 11.4 Å². The van der Waals surface area contributed by atoms with E-state index < -0.39 is 9.84 Å². The Morgan fingerprint density at radius 1 is 1.16 bits per heavy atom. The van der Waals surface area contributed by atoms with Crippen LogP contribution in [-0.4, -0.2) is 44.6 Å². The molecule has 2 aromatic heterocycles. The molecule has 10 heteroatoms. The molecule has 0 aliphatic carbocycles. The number of sulfone groups is 1. The summed E-state index contributed by atoms with van der Waals surface area (Å²) in [5, 5.41) is 12.8. The Morgan fingerprint density at radius 2 is 1.88 bits per heavy atom. The summed E-state index contributed by atoms with van der Waals surface area (Å²) >= 11 is 1.24. The fraction of sp³-hybridized carbons (Fsp3) is 0.267. The van der Waals surface area contributed by atoms with Gasteiger partial charge in [-0.2, -0.15) is 5.10 Å². The van der Waals surface area contributed by atoms with Gasteiger partial charge in [-0.25, -0.2) is 17.8 Å². The van der Waals surface area contributed by atoms with Crippen molar-refractivity contribution in [3.05, 3.63) is 47.8 Å². The summed E-state index contributed by atoms with van der Waals surface area (Å²) < 4.78 is 27.5. The standard InChI is InChI=1S/C15H18N6O2S2/c1-11-10-12(2)21(19-11)14-17-18-15(20(14)16)24-8-9-25(22,23)13-6-4-3-5-7-13/h3-7,10H,8-9,16H2,1-2H3. The van der Waals surface area contributed by atoms with Crippen molar-refractivity contribution in [3.63, 3.8) is 0 Å². The highest BCUT2D eigenvalue weighted by Crippen LogP contribution is 2.19. The molecular weight excluding hydrogens is 360 g/mol. The minimum absolute atomic E-state index is 0.0101. The first kappa shape index (κ1) is 17.5. The van der Waals surface area contributed by atoms with E-state index in [1.54, 1.807) is 35.0 Å². The molecule has 3 rings (SSSR count). The molecule has 2 N–H and O–H groups in total. The van der Waals surface area contributed by atoms with Crippen LogP contribution in [0.4, 0.5) is 0 Å². The maximum Gasteiger partial charge on any atom is 0.271 e. The van der Waals surface area contributed by atoms with Crippen LogP contribution in [-0.2, 0) is 9.84 Å². The molecule has 0 unspecified atom stereocenters. The van der Waals surface area contributed by atoms with E-state index in [-0.39, 0.29) is 5.75 Å². The molecule has 0 radical (unpaired) electrons. The zero-order valence-corrected chi connectivity index (χ0v) is 15.5. The topological polar surface area (TPSA) is 109 Å². The molecule has 0 saturated heterocycles. The number of hydrogen-bond acceptors (Lipinski definition) is 7. The van der Waals surface area contributed by atoms with Crippen LogP contribution in [0.25, 0.3) is 5.95 Å². The molecule has 1 aromatic carbocycles. The highest BCUT2D eigenvalue weighted by molar-refractivity contribution is 8.00. The summed E-state index contributed by atoms with van der Waals surface area (Å²) in [5.41, 5.74) is 1.74. The third kappa shape index (κ3) is 3.69. The van der Waals surface area contributed by atoms with Crippen LogP contribution < -0.4 is 5.84 Å². The van der Waals surface area contributed by atoms with Crippen LogP contribution in [0, 0.1) is 13.8 Å². The van der Waals surface area contributed by atoms with Crippen molar-refractivity contribution in [1.82, 2.24) is 24.7 Å². The van der Waals surface area contributed by atoms with E-state index in [0.717, 1.165) is 11.4 Å². The lowest BCUT2D eigenvalue weighted by Crippen LogP contribution is -2.17. The van der Waals surface area contributed by atoms with Gasteiger partial charge in [0, 0.05) is 11.4 Å². The number of nitrogen functional groups attached to an aromatic ring is 1. The molecule has 8 nitrogen and oxygen atoms in total. The average Bonchev–Trinajstić information content (AvgIpc) is 3.10. The Morgan fingerprint density at radius 3 is 2.52 bits per heavy atom. The van der Waals surface area contributed by atoms with E-state index in [0.29, 0.717) is 21.8 Å². The number of aryl methyl sites for hydroxylation is 2. The van der Waals surface area contributed by atoms with Crippen LogP contribution >= 0.6 is 11.8 Å². The second kappa shape index (κ2) is 6.89. The number of aromatic nitrogens is 5. The van der Waals surface area contributed by atoms with Crippen molar-refractivity contribution < 1.29 is 8.42 Å². The predicted octanol–water partition coefficient (Wildman–Crippen LogP) is 1.36. The molecule has 0 fully saturated rings. The molecule has 0 saturated carbocycles. The molecule has 25 heavy (non-hydrogen) atoms. The molecule has 0 bridgehead atoms. The van der Waals surface area contributed by atoms with E-state index in [1.807, 2.05) is 19.9 Å². The minimum Gasteiger partial charge on any atom is -0.334 e. The highest BCUT2D eigenvalue weighted by atomic mass is 32.2. The fourth-order valence-electron chi connectivity index (χ4n) is 2.33. The van der Waals surface area contributed by atoms with Gasteiger partial charge in [-0.15, -0.1) is 10.2 Å². The Hall–Kier alpha value is -2.33. The Bertz CT molecular complexity index is 979. The molecular formula is C15H18N6O2S2. The molecule has 0 aliphatic rings. The van der Waals surface area contributed by atoms with Crippen molar-refractivity contribution in [2.45, 2.75) is 23.9 Å². The van der Waals surface area contributed by atoms with Crippen LogP contribution in [0.2, 0.25) is 0 Å². The van der Waals surface area contributed by atoms with Gasteiger partial charge in [0.2, 0.25) is 5.16 Å². The lowest BCUT2D eigenvalue weighted by Gasteiger charge is -2.05. The number of benzene rings is 1.